The van der Waals surface area contributed by atoms with Crippen molar-refractivity contribution in [3.8, 4) is 0 Å². The average molecular weight is 808 g/mol. The molecule has 0 aromatic heterocycles. The van der Waals surface area contributed by atoms with E-state index in [1.807, 2.05) is 0 Å². The van der Waals surface area contributed by atoms with Crippen molar-refractivity contribution in [3.63, 3.8) is 0 Å². The highest BCUT2D eigenvalue weighted by atomic mass is 79.9. The molecule has 6 aromatic carbocycles. The van der Waals surface area contributed by atoms with E-state index in [1.54, 1.807) is 0 Å². The molecule has 3 heterocycles. The fraction of sp³-hybridized carbons (Fsp3) is 0.280. The summed E-state index contributed by atoms with van der Waals surface area (Å²) in [7, 11) is -0.348. The summed E-state index contributed by atoms with van der Waals surface area (Å²) in [5.41, 5.74) is 13.0. The Morgan fingerprint density at radius 1 is 0.411 bits per heavy atom. The minimum absolute atomic E-state index is 0. The average Bonchev–Trinajstić information content (AvgIpc) is 3.39. The van der Waals surface area contributed by atoms with E-state index in [1.165, 1.54) is 50.7 Å². The Morgan fingerprint density at radius 2 is 0.696 bits per heavy atom. The third kappa shape index (κ3) is 6.80. The van der Waals surface area contributed by atoms with Gasteiger partial charge >= 0.3 is 7.12 Å². The van der Waals surface area contributed by atoms with Gasteiger partial charge in [0, 0.05) is 26.7 Å². The molecule has 288 valence electrons. The molecular formula is C50H56BBrN2O2. The Hall–Kier alpha value is -4.62. The minimum atomic E-state index is -0.348. The zero-order chi connectivity index (χ0) is 38.0. The fourth-order valence-corrected chi connectivity index (χ4v) is 8.51. The Kier molecular flexibility index (Phi) is 11.0. The molecule has 0 atom stereocenters. The molecule has 0 radical (unpaired) electrons. The molecule has 6 aromatic rings. The summed E-state index contributed by atoms with van der Waals surface area (Å²) in [6.45, 7) is 17.6. The molecule has 0 bridgehead atoms. The smallest absolute Gasteiger partial charge is 0.399 e. The first-order valence-corrected chi connectivity index (χ1v) is 19.7. The first-order valence-electron chi connectivity index (χ1n) is 18.9. The first-order chi connectivity index (χ1) is 25.7. The van der Waals surface area contributed by atoms with E-state index in [0.717, 1.165) is 15.6 Å². The summed E-state index contributed by atoms with van der Waals surface area (Å²) in [4.78, 5) is 4.73. The summed E-state index contributed by atoms with van der Waals surface area (Å²) < 4.78 is 13.6. The Morgan fingerprint density at radius 3 is 1.02 bits per heavy atom. The van der Waals surface area contributed by atoms with Crippen molar-refractivity contribution in [3.05, 3.63) is 172 Å². The molecule has 56 heavy (non-hydrogen) atoms. The molecule has 1 fully saturated rings. The molecule has 9 rings (SSSR count). The lowest BCUT2D eigenvalue weighted by molar-refractivity contribution is 0.00578. The lowest BCUT2D eigenvalue weighted by Crippen LogP contribution is -2.41. The fourth-order valence-electron chi connectivity index (χ4n) is 8.24. The summed E-state index contributed by atoms with van der Waals surface area (Å²) in [5, 5.41) is 0. The molecule has 1 saturated heterocycles. The van der Waals surface area contributed by atoms with Gasteiger partial charge in [0.05, 0.1) is 34.0 Å². The van der Waals surface area contributed by atoms with Crippen molar-refractivity contribution in [2.45, 2.75) is 92.3 Å². The number of para-hydroxylation sites is 4. The van der Waals surface area contributed by atoms with Gasteiger partial charge in [-0.3, -0.25) is 0 Å². The van der Waals surface area contributed by atoms with Crippen LogP contribution < -0.4 is 15.3 Å². The van der Waals surface area contributed by atoms with Crippen LogP contribution in [0.25, 0.3) is 0 Å². The Balaban J connectivity index is 0.000000191. The van der Waals surface area contributed by atoms with Gasteiger partial charge in [0.25, 0.3) is 0 Å². The summed E-state index contributed by atoms with van der Waals surface area (Å²) >= 11 is 3.53. The molecule has 0 spiro atoms. The number of anilines is 6. The third-order valence-corrected chi connectivity index (χ3v) is 12.6. The number of halogens is 1. The predicted octanol–water partition coefficient (Wildman–Crippen LogP) is 13.9. The largest absolute Gasteiger partial charge is 0.494 e. The second kappa shape index (κ2) is 15.0. The SMILES string of the molecule is C.C.CC1(C)c2ccccc2N(c2ccc(B3OC(C)(C)C(C)(C)O3)cc2)c2ccccc21.CC1(C)c2ccccc2N(c2ccc(Br)cc2)c2ccccc21. The highest BCUT2D eigenvalue weighted by molar-refractivity contribution is 9.10. The van der Waals surface area contributed by atoms with E-state index >= 15 is 0 Å². The zero-order valence-corrected chi connectivity index (χ0v) is 34.1. The topological polar surface area (TPSA) is 24.9 Å². The van der Waals surface area contributed by atoms with Gasteiger partial charge in [0.2, 0.25) is 0 Å². The molecule has 0 unspecified atom stereocenters. The summed E-state index contributed by atoms with van der Waals surface area (Å²) in [6.07, 6.45) is 0. The van der Waals surface area contributed by atoms with Crippen molar-refractivity contribution in [2.75, 3.05) is 9.80 Å². The normalized spacial score (nSPS) is 17.4. The van der Waals surface area contributed by atoms with Crippen LogP contribution in [-0.4, -0.2) is 18.3 Å². The van der Waals surface area contributed by atoms with Crippen molar-refractivity contribution >= 4 is 62.6 Å². The van der Waals surface area contributed by atoms with E-state index < -0.39 is 0 Å². The van der Waals surface area contributed by atoms with Crippen LogP contribution >= 0.6 is 15.9 Å². The van der Waals surface area contributed by atoms with Crippen LogP contribution in [0.15, 0.2) is 150 Å². The maximum atomic E-state index is 6.24. The lowest BCUT2D eigenvalue weighted by atomic mass is 9.73. The molecule has 0 N–H and O–H groups in total. The van der Waals surface area contributed by atoms with E-state index in [9.17, 15) is 0 Å². The number of rotatable bonds is 3. The monoisotopic (exact) mass is 806 g/mol. The molecule has 3 aliphatic heterocycles. The standard InChI is InChI=1S/C27H30BNO2.C21H18BrN.2CH4/c1-25(2)21-11-7-9-13-23(21)29(24-14-10-8-12-22(24)25)20-17-15-19(16-18-20)28-30-26(3,4)27(5,6)31-28;1-21(2)17-7-3-5-9-19(17)23(16-13-11-15(22)12-14-16)20-10-6-4-8-18(20)21;;/h7-18H,1-6H3;3-14H,1-2H3;2*1H4. The van der Waals surface area contributed by atoms with Gasteiger partial charge in [-0.2, -0.15) is 0 Å². The summed E-state index contributed by atoms with van der Waals surface area (Å²) in [6, 6.07) is 52.0. The van der Waals surface area contributed by atoms with Crippen molar-refractivity contribution in [1.29, 1.82) is 0 Å². The van der Waals surface area contributed by atoms with Crippen molar-refractivity contribution < 1.29 is 9.31 Å². The van der Waals surface area contributed by atoms with Crippen LogP contribution in [0.5, 0.6) is 0 Å². The first kappa shape index (κ1) is 41.0. The highest BCUT2D eigenvalue weighted by Gasteiger charge is 2.51. The number of benzene rings is 6. The molecule has 0 saturated carbocycles. The maximum absolute atomic E-state index is 6.24. The number of fused-ring (bicyclic) bond motifs is 4. The van der Waals surface area contributed by atoms with Gasteiger partial charge in [0.1, 0.15) is 0 Å². The van der Waals surface area contributed by atoms with E-state index in [0.29, 0.717) is 0 Å². The van der Waals surface area contributed by atoms with Gasteiger partial charge in [0.15, 0.2) is 0 Å². The molecule has 0 amide bonds. The van der Waals surface area contributed by atoms with Crippen LogP contribution in [0, 0.1) is 0 Å². The predicted molar refractivity (Wildman–Crippen MR) is 243 cm³/mol. The number of nitrogens with zero attached hydrogens (tertiary/aromatic N) is 2. The molecule has 0 aliphatic carbocycles. The molecule has 4 nitrogen and oxygen atoms in total. The second-order valence-corrected chi connectivity index (χ2v) is 17.6. The van der Waals surface area contributed by atoms with Crippen molar-refractivity contribution in [2.24, 2.45) is 0 Å². The minimum Gasteiger partial charge on any atom is -0.399 e. The molecule has 3 aliphatic rings. The van der Waals surface area contributed by atoms with Gasteiger partial charge in [-0.05, 0) is 116 Å². The van der Waals surface area contributed by atoms with E-state index in [4.69, 9.17) is 9.31 Å². The van der Waals surface area contributed by atoms with Crippen molar-refractivity contribution in [1.82, 2.24) is 0 Å². The Bertz CT molecular complexity index is 2220. The third-order valence-electron chi connectivity index (χ3n) is 12.0. The zero-order valence-electron chi connectivity index (χ0n) is 32.5. The van der Waals surface area contributed by atoms with Crippen LogP contribution in [0.4, 0.5) is 34.1 Å². The van der Waals surface area contributed by atoms with Crippen LogP contribution in [0.3, 0.4) is 0 Å². The van der Waals surface area contributed by atoms with Gasteiger partial charge in [-0.1, -0.05) is 143 Å². The lowest BCUT2D eigenvalue weighted by Gasteiger charge is -2.42. The number of hydrogen-bond donors (Lipinski definition) is 0. The summed E-state index contributed by atoms with van der Waals surface area (Å²) in [5.74, 6) is 0. The quantitative estimate of drug-likeness (QED) is 0.166. The van der Waals surface area contributed by atoms with Crippen LogP contribution in [0.1, 0.15) is 92.5 Å². The van der Waals surface area contributed by atoms with E-state index in [2.05, 4.69) is 227 Å². The second-order valence-electron chi connectivity index (χ2n) is 16.6. The highest BCUT2D eigenvalue weighted by Crippen LogP contribution is 2.53. The van der Waals surface area contributed by atoms with Crippen LogP contribution in [0.2, 0.25) is 0 Å². The van der Waals surface area contributed by atoms with Gasteiger partial charge in [-0.15, -0.1) is 0 Å². The van der Waals surface area contributed by atoms with Gasteiger partial charge < -0.3 is 19.1 Å². The van der Waals surface area contributed by atoms with E-state index in [-0.39, 0.29) is 44.0 Å². The molecular weight excluding hydrogens is 751 g/mol. The maximum Gasteiger partial charge on any atom is 0.494 e. The van der Waals surface area contributed by atoms with Gasteiger partial charge in [-0.25, -0.2) is 0 Å². The van der Waals surface area contributed by atoms with Crippen LogP contribution in [-0.2, 0) is 20.1 Å². The Labute approximate surface area is 344 Å². The number of hydrogen-bond acceptors (Lipinski definition) is 4. The molecule has 6 heteroatoms.